The van der Waals surface area contributed by atoms with E-state index in [1.807, 2.05) is 13.0 Å². The second-order valence-electron chi connectivity index (χ2n) is 6.82. The van der Waals surface area contributed by atoms with Crippen molar-refractivity contribution in [2.45, 2.75) is 13.5 Å². The van der Waals surface area contributed by atoms with Crippen molar-refractivity contribution < 1.29 is 13.9 Å². The number of carbonyl (C=O) groups is 1. The van der Waals surface area contributed by atoms with Crippen LogP contribution in [0.5, 0.6) is 5.75 Å². The normalized spacial score (nSPS) is 11.1. The van der Waals surface area contributed by atoms with Crippen LogP contribution in [0.4, 0.5) is 10.1 Å². The van der Waals surface area contributed by atoms with Crippen molar-refractivity contribution in [3.63, 3.8) is 0 Å². The molecule has 0 atom stereocenters. The third-order valence-electron chi connectivity index (χ3n) is 4.42. The Kier molecular flexibility index (Phi) is 8.29. The van der Waals surface area contributed by atoms with Gasteiger partial charge in [-0.25, -0.2) is 4.39 Å². The van der Waals surface area contributed by atoms with Crippen LogP contribution in [0, 0.1) is 27.6 Å². The minimum absolute atomic E-state index is 0.0551. The van der Waals surface area contributed by atoms with E-state index in [9.17, 15) is 14.4 Å². The molecule has 1 N–H and O–H groups in total. The van der Waals surface area contributed by atoms with E-state index in [2.05, 4.69) is 43.8 Å². The molecule has 32 heavy (non-hydrogen) atoms. The maximum absolute atomic E-state index is 13.4. The Morgan fingerprint density at radius 1 is 1.28 bits per heavy atom. The Morgan fingerprint density at radius 3 is 2.75 bits per heavy atom. The Labute approximate surface area is 212 Å². The predicted molar refractivity (Wildman–Crippen MR) is 136 cm³/mol. The van der Waals surface area contributed by atoms with Gasteiger partial charge in [-0.15, -0.1) is 0 Å². The highest BCUT2D eigenvalue weighted by Gasteiger charge is 2.14. The van der Waals surface area contributed by atoms with Crippen molar-refractivity contribution in [3.8, 4) is 11.8 Å². The number of hydrogen-bond donors (Lipinski definition) is 1. The van der Waals surface area contributed by atoms with Gasteiger partial charge in [0.2, 0.25) is 0 Å². The highest BCUT2D eigenvalue weighted by Crippen LogP contribution is 2.33. The zero-order valence-electron chi connectivity index (χ0n) is 16.8. The lowest BCUT2D eigenvalue weighted by molar-refractivity contribution is -0.112. The Balaban J connectivity index is 1.79. The summed E-state index contributed by atoms with van der Waals surface area (Å²) in [7, 11) is 0. The molecule has 0 unspecified atom stereocenters. The van der Waals surface area contributed by atoms with E-state index in [4.69, 9.17) is 16.3 Å². The summed E-state index contributed by atoms with van der Waals surface area (Å²) < 4.78 is 20.6. The fourth-order valence-corrected chi connectivity index (χ4v) is 4.76. The largest absolute Gasteiger partial charge is 0.487 e. The van der Waals surface area contributed by atoms with Gasteiger partial charge >= 0.3 is 0 Å². The minimum atomic E-state index is -0.532. The molecule has 3 aromatic carbocycles. The number of nitrogens with zero attached hydrogens (tertiary/aromatic N) is 1. The monoisotopic (exact) mass is 624 g/mol. The van der Waals surface area contributed by atoms with Crippen LogP contribution < -0.4 is 10.1 Å². The fraction of sp³-hybridized carbons (Fsp3) is 0.0833. The number of halogens is 4. The van der Waals surface area contributed by atoms with Gasteiger partial charge in [-0.2, -0.15) is 5.26 Å². The molecule has 0 aliphatic carbocycles. The van der Waals surface area contributed by atoms with Crippen molar-refractivity contribution >= 4 is 67.8 Å². The van der Waals surface area contributed by atoms with Gasteiger partial charge in [-0.05, 0) is 105 Å². The number of hydrogen-bond acceptors (Lipinski definition) is 3. The summed E-state index contributed by atoms with van der Waals surface area (Å²) in [5.41, 5.74) is 2.67. The van der Waals surface area contributed by atoms with Gasteiger partial charge in [0, 0.05) is 10.7 Å². The molecule has 162 valence electrons. The first-order chi connectivity index (χ1) is 15.3. The number of nitriles is 1. The van der Waals surface area contributed by atoms with Crippen LogP contribution >= 0.6 is 50.1 Å². The van der Waals surface area contributed by atoms with E-state index < -0.39 is 5.91 Å². The molecule has 8 heteroatoms. The Hall–Kier alpha value is -2.41. The van der Waals surface area contributed by atoms with Crippen molar-refractivity contribution in [2.24, 2.45) is 0 Å². The lowest BCUT2D eigenvalue weighted by atomic mass is 10.1. The smallest absolute Gasteiger partial charge is 0.266 e. The zero-order valence-corrected chi connectivity index (χ0v) is 21.3. The first kappa shape index (κ1) is 24.2. The standard InChI is InChI=1S/C24H16BrClFIN2O2/c1-14-5-6-18(26)11-22(14)30-24(31)17(12-29)7-16-9-20(25)23(21(28)10-16)32-13-15-3-2-4-19(27)8-15/h2-11H,13H2,1H3,(H,30,31)/b17-7+. The quantitative estimate of drug-likeness (QED) is 0.178. The molecule has 1 amide bonds. The topological polar surface area (TPSA) is 62.1 Å². The summed E-state index contributed by atoms with van der Waals surface area (Å²) in [5, 5.41) is 12.7. The average Bonchev–Trinajstić information content (AvgIpc) is 2.74. The van der Waals surface area contributed by atoms with Crippen molar-refractivity contribution in [3.05, 3.63) is 95.7 Å². The number of aryl methyl sites for hydroxylation is 1. The number of anilines is 1. The molecule has 0 radical (unpaired) electrons. The van der Waals surface area contributed by atoms with Crippen LogP contribution in [0.2, 0.25) is 5.02 Å². The minimum Gasteiger partial charge on any atom is -0.487 e. The van der Waals surface area contributed by atoms with E-state index in [1.165, 1.54) is 18.2 Å². The molecule has 0 aromatic heterocycles. The lowest BCUT2D eigenvalue weighted by Crippen LogP contribution is -2.14. The van der Waals surface area contributed by atoms with Gasteiger partial charge in [0.1, 0.15) is 29.8 Å². The number of nitrogens with one attached hydrogen (secondary N) is 1. The van der Waals surface area contributed by atoms with Crippen LogP contribution in [0.25, 0.3) is 6.08 Å². The van der Waals surface area contributed by atoms with Crippen molar-refractivity contribution in [2.75, 3.05) is 5.32 Å². The predicted octanol–water partition coefficient (Wildman–Crippen LogP) is 7.28. The molecular formula is C24H16BrClFIN2O2. The van der Waals surface area contributed by atoms with Crippen molar-refractivity contribution in [1.82, 2.24) is 0 Å². The van der Waals surface area contributed by atoms with Crippen LogP contribution in [0.1, 0.15) is 16.7 Å². The first-order valence-electron chi connectivity index (χ1n) is 9.32. The Morgan fingerprint density at radius 2 is 2.06 bits per heavy atom. The summed E-state index contributed by atoms with van der Waals surface area (Å²) in [5.74, 6) is -0.268. The van der Waals surface area contributed by atoms with Crippen LogP contribution in [0.3, 0.4) is 0 Å². The summed E-state index contributed by atoms with van der Waals surface area (Å²) in [6, 6.07) is 16.8. The van der Waals surface area contributed by atoms with Crippen molar-refractivity contribution in [1.29, 1.82) is 5.26 Å². The highest BCUT2D eigenvalue weighted by molar-refractivity contribution is 14.1. The van der Waals surface area contributed by atoms with E-state index in [-0.39, 0.29) is 18.0 Å². The van der Waals surface area contributed by atoms with Gasteiger partial charge < -0.3 is 10.1 Å². The second kappa shape index (κ2) is 10.9. The third-order valence-corrected chi connectivity index (χ3v) is 6.04. The molecule has 0 saturated heterocycles. The molecule has 4 nitrogen and oxygen atoms in total. The summed E-state index contributed by atoms with van der Waals surface area (Å²) >= 11 is 11.6. The number of rotatable bonds is 6. The van der Waals surface area contributed by atoms with E-state index >= 15 is 0 Å². The van der Waals surface area contributed by atoms with Crippen LogP contribution in [0.15, 0.2) is 64.6 Å². The number of carbonyl (C=O) groups excluding carboxylic acids is 1. The third kappa shape index (κ3) is 6.31. The van der Waals surface area contributed by atoms with E-state index in [1.54, 1.807) is 42.5 Å². The number of amides is 1. The zero-order chi connectivity index (χ0) is 23.3. The number of ether oxygens (including phenoxy) is 1. The van der Waals surface area contributed by atoms with Crippen LogP contribution in [-0.2, 0) is 11.4 Å². The van der Waals surface area contributed by atoms with E-state index in [0.29, 0.717) is 32.1 Å². The lowest BCUT2D eigenvalue weighted by Gasteiger charge is -2.12. The fourth-order valence-electron chi connectivity index (χ4n) is 2.82. The molecule has 3 rings (SSSR count). The molecule has 0 heterocycles. The van der Waals surface area contributed by atoms with Gasteiger partial charge in [0.05, 0.1) is 8.04 Å². The molecular weight excluding hydrogens is 610 g/mol. The first-order valence-corrected chi connectivity index (χ1v) is 11.6. The molecule has 0 fully saturated rings. The highest BCUT2D eigenvalue weighted by atomic mass is 127. The molecule has 0 saturated carbocycles. The van der Waals surface area contributed by atoms with Gasteiger partial charge in [-0.3, -0.25) is 4.79 Å². The van der Waals surface area contributed by atoms with Crippen LogP contribution in [-0.4, -0.2) is 5.91 Å². The Bertz CT molecular complexity index is 1230. The van der Waals surface area contributed by atoms with Gasteiger partial charge in [0.15, 0.2) is 0 Å². The maximum Gasteiger partial charge on any atom is 0.266 e. The molecule has 0 aliphatic rings. The molecule has 0 aliphatic heterocycles. The summed E-state index contributed by atoms with van der Waals surface area (Å²) in [6.45, 7) is 2.04. The molecule has 0 bridgehead atoms. The maximum atomic E-state index is 13.4. The SMILES string of the molecule is Cc1ccc(Cl)cc1NC(=O)/C(C#N)=C/c1cc(Br)c(OCc2cccc(F)c2)c(I)c1. The average molecular weight is 626 g/mol. The molecule has 0 spiro atoms. The van der Waals surface area contributed by atoms with E-state index in [0.717, 1.165) is 9.13 Å². The summed E-state index contributed by atoms with van der Waals surface area (Å²) in [6.07, 6.45) is 1.50. The van der Waals surface area contributed by atoms with Gasteiger partial charge in [-0.1, -0.05) is 29.8 Å². The number of benzene rings is 3. The van der Waals surface area contributed by atoms with Gasteiger partial charge in [0.25, 0.3) is 5.91 Å². The second-order valence-corrected chi connectivity index (χ2v) is 9.27. The summed E-state index contributed by atoms with van der Waals surface area (Å²) in [4.78, 5) is 12.6. The molecule has 3 aromatic rings.